The number of sulfonamides is 1. The SMILES string of the molecule is COC(=O)CS(=O)(=O)Nc1nccc(Cl)n1. The molecule has 0 spiro atoms. The van der Waals surface area contributed by atoms with Crippen molar-refractivity contribution in [1.82, 2.24) is 9.97 Å². The summed E-state index contributed by atoms with van der Waals surface area (Å²) in [6.07, 6.45) is 1.28. The highest BCUT2D eigenvalue weighted by molar-refractivity contribution is 7.93. The highest BCUT2D eigenvalue weighted by atomic mass is 35.5. The van der Waals surface area contributed by atoms with Crippen LogP contribution in [0.2, 0.25) is 5.15 Å². The molecule has 1 rings (SSSR count). The maximum Gasteiger partial charge on any atom is 0.322 e. The number of nitrogens with one attached hydrogen (secondary N) is 1. The summed E-state index contributed by atoms with van der Waals surface area (Å²) in [5.74, 6) is -1.88. The van der Waals surface area contributed by atoms with Gasteiger partial charge in [-0.2, -0.15) is 0 Å². The van der Waals surface area contributed by atoms with Crippen molar-refractivity contribution in [3.8, 4) is 0 Å². The molecule has 16 heavy (non-hydrogen) atoms. The molecule has 0 aliphatic carbocycles. The molecular formula is C7H8ClN3O4S. The second kappa shape index (κ2) is 5.08. The summed E-state index contributed by atoms with van der Waals surface area (Å²) in [7, 11) is -2.78. The van der Waals surface area contributed by atoms with Crippen LogP contribution in [0.4, 0.5) is 5.95 Å². The summed E-state index contributed by atoms with van der Waals surface area (Å²) >= 11 is 5.53. The van der Waals surface area contributed by atoms with Gasteiger partial charge in [0.2, 0.25) is 16.0 Å². The lowest BCUT2D eigenvalue weighted by atomic mass is 10.7. The molecule has 0 fully saturated rings. The first-order valence-corrected chi connectivity index (χ1v) is 6.02. The van der Waals surface area contributed by atoms with Gasteiger partial charge in [0, 0.05) is 6.20 Å². The van der Waals surface area contributed by atoms with Gasteiger partial charge in [-0.25, -0.2) is 18.4 Å². The van der Waals surface area contributed by atoms with Gasteiger partial charge in [0.05, 0.1) is 7.11 Å². The van der Waals surface area contributed by atoms with Crippen LogP contribution in [-0.2, 0) is 19.6 Å². The van der Waals surface area contributed by atoms with E-state index >= 15 is 0 Å². The molecule has 0 saturated heterocycles. The molecule has 88 valence electrons. The van der Waals surface area contributed by atoms with Gasteiger partial charge in [-0.3, -0.25) is 9.52 Å². The van der Waals surface area contributed by atoms with Crippen LogP contribution < -0.4 is 4.72 Å². The summed E-state index contributed by atoms with van der Waals surface area (Å²) < 4.78 is 28.9. The molecule has 0 aliphatic rings. The van der Waals surface area contributed by atoms with Crippen molar-refractivity contribution in [3.63, 3.8) is 0 Å². The molecule has 0 amide bonds. The number of halogens is 1. The van der Waals surface area contributed by atoms with Crippen LogP contribution >= 0.6 is 11.6 Å². The van der Waals surface area contributed by atoms with Gasteiger partial charge in [0.15, 0.2) is 5.75 Å². The minimum absolute atomic E-state index is 0.0887. The Morgan fingerprint density at radius 1 is 1.62 bits per heavy atom. The first kappa shape index (κ1) is 12.7. The fraction of sp³-hybridized carbons (Fsp3) is 0.286. The molecule has 0 saturated carbocycles. The van der Waals surface area contributed by atoms with E-state index < -0.39 is 21.7 Å². The van der Waals surface area contributed by atoms with E-state index in [0.29, 0.717) is 0 Å². The van der Waals surface area contributed by atoms with Gasteiger partial charge in [-0.1, -0.05) is 11.6 Å². The number of aromatic nitrogens is 2. The first-order valence-electron chi connectivity index (χ1n) is 3.99. The molecule has 9 heteroatoms. The average molecular weight is 266 g/mol. The number of nitrogens with zero attached hydrogens (tertiary/aromatic N) is 2. The molecule has 1 N–H and O–H groups in total. The van der Waals surface area contributed by atoms with Crippen molar-refractivity contribution >= 4 is 33.5 Å². The van der Waals surface area contributed by atoms with Crippen molar-refractivity contribution in [2.24, 2.45) is 0 Å². The van der Waals surface area contributed by atoms with E-state index in [2.05, 4.69) is 14.7 Å². The van der Waals surface area contributed by atoms with E-state index in [4.69, 9.17) is 11.6 Å². The summed E-state index contributed by atoms with van der Waals surface area (Å²) in [6.45, 7) is 0. The molecule has 1 heterocycles. The lowest BCUT2D eigenvalue weighted by Crippen LogP contribution is -2.24. The lowest BCUT2D eigenvalue weighted by molar-refractivity contribution is -0.137. The zero-order chi connectivity index (χ0) is 12.2. The monoisotopic (exact) mass is 265 g/mol. The van der Waals surface area contributed by atoms with E-state index in [1.807, 2.05) is 4.72 Å². The molecule has 0 bridgehead atoms. The zero-order valence-corrected chi connectivity index (χ0v) is 9.75. The smallest absolute Gasteiger partial charge is 0.322 e. The van der Waals surface area contributed by atoms with Crippen LogP contribution in [-0.4, -0.2) is 37.2 Å². The third kappa shape index (κ3) is 3.99. The Balaban J connectivity index is 2.77. The maximum absolute atomic E-state index is 11.3. The van der Waals surface area contributed by atoms with Crippen LogP contribution in [0.5, 0.6) is 0 Å². The highest BCUT2D eigenvalue weighted by Crippen LogP contribution is 2.07. The molecule has 1 aromatic heterocycles. The second-order valence-electron chi connectivity index (χ2n) is 2.64. The number of carbonyl (C=O) groups excluding carboxylic acids is 1. The van der Waals surface area contributed by atoms with Crippen LogP contribution in [0.15, 0.2) is 12.3 Å². The Morgan fingerprint density at radius 3 is 2.88 bits per heavy atom. The van der Waals surface area contributed by atoms with Crippen molar-refractivity contribution in [1.29, 1.82) is 0 Å². The number of hydrogen-bond acceptors (Lipinski definition) is 6. The van der Waals surface area contributed by atoms with Gasteiger partial charge in [0.1, 0.15) is 5.15 Å². The van der Waals surface area contributed by atoms with Gasteiger partial charge < -0.3 is 4.74 Å². The summed E-state index contributed by atoms with van der Waals surface area (Å²) in [5.41, 5.74) is 0. The molecular weight excluding hydrogens is 258 g/mol. The van der Waals surface area contributed by atoms with E-state index in [1.165, 1.54) is 12.3 Å². The minimum atomic E-state index is -3.87. The average Bonchev–Trinajstić information content (AvgIpc) is 2.15. The van der Waals surface area contributed by atoms with Gasteiger partial charge >= 0.3 is 5.97 Å². The first-order chi connectivity index (χ1) is 7.43. The quantitative estimate of drug-likeness (QED) is 0.610. The summed E-state index contributed by atoms with van der Waals surface area (Å²) in [5, 5.41) is 0.0887. The Bertz CT molecular complexity index is 490. The Hall–Kier alpha value is -1.41. The van der Waals surface area contributed by atoms with Crippen LogP contribution in [0.3, 0.4) is 0 Å². The summed E-state index contributed by atoms with van der Waals surface area (Å²) in [4.78, 5) is 18.0. The number of ether oxygens (including phenoxy) is 1. The minimum Gasteiger partial charge on any atom is -0.468 e. The Morgan fingerprint density at radius 2 is 2.31 bits per heavy atom. The number of esters is 1. The number of rotatable bonds is 4. The van der Waals surface area contributed by atoms with Gasteiger partial charge in [-0.05, 0) is 6.07 Å². The van der Waals surface area contributed by atoms with Crippen molar-refractivity contribution in [2.45, 2.75) is 0 Å². The third-order valence-corrected chi connectivity index (χ3v) is 2.72. The van der Waals surface area contributed by atoms with E-state index in [1.54, 1.807) is 0 Å². The zero-order valence-electron chi connectivity index (χ0n) is 8.18. The highest BCUT2D eigenvalue weighted by Gasteiger charge is 2.18. The second-order valence-corrected chi connectivity index (χ2v) is 4.75. The number of anilines is 1. The molecule has 0 aromatic carbocycles. The number of methoxy groups -OCH3 is 1. The van der Waals surface area contributed by atoms with Crippen LogP contribution in [0.25, 0.3) is 0 Å². The summed E-state index contributed by atoms with van der Waals surface area (Å²) in [6, 6.07) is 1.39. The van der Waals surface area contributed by atoms with Crippen molar-refractivity contribution in [2.75, 3.05) is 17.6 Å². The van der Waals surface area contributed by atoms with Gasteiger partial charge in [-0.15, -0.1) is 0 Å². The van der Waals surface area contributed by atoms with Crippen molar-refractivity contribution < 1.29 is 17.9 Å². The predicted molar refractivity (Wildman–Crippen MR) is 56.5 cm³/mol. The van der Waals surface area contributed by atoms with Crippen LogP contribution in [0.1, 0.15) is 0 Å². The number of hydrogen-bond donors (Lipinski definition) is 1. The fourth-order valence-corrected chi connectivity index (χ4v) is 1.79. The molecule has 0 aliphatic heterocycles. The van der Waals surface area contributed by atoms with E-state index in [-0.39, 0.29) is 11.1 Å². The molecule has 0 unspecified atom stereocenters. The fourth-order valence-electron chi connectivity index (χ4n) is 0.775. The maximum atomic E-state index is 11.3. The third-order valence-electron chi connectivity index (χ3n) is 1.40. The Kier molecular flexibility index (Phi) is 4.02. The Labute approximate surface area is 96.9 Å². The molecule has 1 aromatic rings. The largest absolute Gasteiger partial charge is 0.468 e. The van der Waals surface area contributed by atoms with E-state index in [9.17, 15) is 13.2 Å². The number of carbonyl (C=O) groups is 1. The van der Waals surface area contributed by atoms with Crippen molar-refractivity contribution in [3.05, 3.63) is 17.4 Å². The topological polar surface area (TPSA) is 98.2 Å². The molecule has 7 nitrogen and oxygen atoms in total. The predicted octanol–water partition coefficient (Wildman–Crippen LogP) is 0.0447. The normalized spacial score (nSPS) is 10.9. The lowest BCUT2D eigenvalue weighted by Gasteiger charge is -2.04. The standard InChI is InChI=1S/C7H8ClN3O4S/c1-15-6(12)4-16(13,14)11-7-9-3-2-5(8)10-7/h2-3H,4H2,1H3,(H,9,10,11). The molecule has 0 radical (unpaired) electrons. The van der Waals surface area contributed by atoms with Gasteiger partial charge in [0.25, 0.3) is 0 Å². The molecule has 0 atom stereocenters. The van der Waals surface area contributed by atoms with E-state index in [0.717, 1.165) is 7.11 Å². The van der Waals surface area contributed by atoms with Crippen LogP contribution in [0, 0.1) is 0 Å².